The van der Waals surface area contributed by atoms with Gasteiger partial charge in [0.05, 0.1) is 12.6 Å². The average Bonchev–Trinajstić information content (AvgIpc) is 2.87. The van der Waals surface area contributed by atoms with E-state index in [1.807, 2.05) is 22.9 Å². The summed E-state index contributed by atoms with van der Waals surface area (Å²) in [7, 11) is 0. The number of tetrazole rings is 1. The number of hydrogen-bond acceptors (Lipinski definition) is 4. The van der Waals surface area contributed by atoms with Gasteiger partial charge in [-0.05, 0) is 41.4 Å². The summed E-state index contributed by atoms with van der Waals surface area (Å²) in [6.45, 7) is 8.07. The van der Waals surface area contributed by atoms with E-state index >= 15 is 0 Å². The largest absolute Gasteiger partial charge is 0.307 e. The molecule has 0 spiro atoms. The van der Waals surface area contributed by atoms with Crippen molar-refractivity contribution in [2.45, 2.75) is 33.4 Å². The molecule has 0 amide bonds. The predicted molar refractivity (Wildman–Crippen MR) is 82.3 cm³/mol. The van der Waals surface area contributed by atoms with Crippen molar-refractivity contribution in [2.75, 3.05) is 6.54 Å². The maximum atomic E-state index is 4.14. The van der Waals surface area contributed by atoms with E-state index < -0.39 is 0 Å². The fraction of sp³-hybridized carbons (Fsp3) is 0.500. The first-order chi connectivity index (χ1) is 9.58. The molecular weight excluding hydrogens is 318 g/mol. The van der Waals surface area contributed by atoms with Gasteiger partial charge in [0.2, 0.25) is 0 Å². The Kier molecular flexibility index (Phi) is 5.25. The SMILES string of the molecule is CC(C)CNC(C)c1nnnn1Cc1ccccc1Br. The summed E-state index contributed by atoms with van der Waals surface area (Å²) >= 11 is 3.56. The number of hydrogen-bond donors (Lipinski definition) is 1. The van der Waals surface area contributed by atoms with Gasteiger partial charge in [-0.1, -0.05) is 48.0 Å². The Hall–Kier alpha value is -1.27. The first-order valence-electron chi connectivity index (χ1n) is 6.80. The summed E-state index contributed by atoms with van der Waals surface area (Å²) in [4.78, 5) is 0. The van der Waals surface area contributed by atoms with Gasteiger partial charge in [-0.2, -0.15) is 0 Å². The molecule has 1 aromatic heterocycles. The summed E-state index contributed by atoms with van der Waals surface area (Å²) in [6, 6.07) is 8.25. The van der Waals surface area contributed by atoms with Crippen LogP contribution in [0.1, 0.15) is 38.2 Å². The van der Waals surface area contributed by atoms with Gasteiger partial charge in [-0.25, -0.2) is 4.68 Å². The smallest absolute Gasteiger partial charge is 0.168 e. The fourth-order valence-electron chi connectivity index (χ4n) is 1.93. The molecule has 1 aromatic carbocycles. The highest BCUT2D eigenvalue weighted by Crippen LogP contribution is 2.18. The van der Waals surface area contributed by atoms with Gasteiger partial charge >= 0.3 is 0 Å². The second kappa shape index (κ2) is 6.95. The molecule has 2 aromatic rings. The average molecular weight is 338 g/mol. The van der Waals surface area contributed by atoms with Crippen LogP contribution in [-0.2, 0) is 6.54 Å². The maximum absolute atomic E-state index is 4.14. The molecule has 5 nitrogen and oxygen atoms in total. The van der Waals surface area contributed by atoms with Gasteiger partial charge in [0.15, 0.2) is 5.82 Å². The molecule has 0 saturated heterocycles. The van der Waals surface area contributed by atoms with Crippen LogP contribution in [0.4, 0.5) is 0 Å². The monoisotopic (exact) mass is 337 g/mol. The number of nitrogens with one attached hydrogen (secondary N) is 1. The summed E-state index contributed by atoms with van der Waals surface area (Å²) in [6.07, 6.45) is 0. The van der Waals surface area contributed by atoms with Crippen LogP contribution in [0.25, 0.3) is 0 Å². The van der Waals surface area contributed by atoms with Crippen molar-refractivity contribution in [1.29, 1.82) is 0 Å². The quantitative estimate of drug-likeness (QED) is 0.880. The minimum absolute atomic E-state index is 0.134. The van der Waals surface area contributed by atoms with E-state index in [1.54, 1.807) is 0 Å². The zero-order valence-corrected chi connectivity index (χ0v) is 13.6. The van der Waals surface area contributed by atoms with E-state index in [0.29, 0.717) is 12.5 Å². The van der Waals surface area contributed by atoms with E-state index in [-0.39, 0.29) is 6.04 Å². The van der Waals surface area contributed by atoms with Crippen molar-refractivity contribution >= 4 is 15.9 Å². The molecule has 0 aliphatic carbocycles. The van der Waals surface area contributed by atoms with Crippen LogP contribution in [0.2, 0.25) is 0 Å². The lowest BCUT2D eigenvalue weighted by Gasteiger charge is -2.15. The molecule has 0 aliphatic heterocycles. The Balaban J connectivity index is 2.10. The zero-order valence-electron chi connectivity index (χ0n) is 12.0. The third-order valence-electron chi connectivity index (χ3n) is 3.06. The molecule has 1 atom stereocenters. The third-order valence-corrected chi connectivity index (χ3v) is 3.83. The third kappa shape index (κ3) is 3.86. The van der Waals surface area contributed by atoms with E-state index in [0.717, 1.165) is 22.4 Å². The highest BCUT2D eigenvalue weighted by atomic mass is 79.9. The number of rotatable bonds is 6. The second-order valence-corrected chi connectivity index (χ2v) is 6.16. The van der Waals surface area contributed by atoms with Crippen LogP contribution >= 0.6 is 15.9 Å². The highest BCUT2D eigenvalue weighted by Gasteiger charge is 2.15. The minimum Gasteiger partial charge on any atom is -0.307 e. The lowest BCUT2D eigenvalue weighted by Crippen LogP contribution is -2.26. The first-order valence-corrected chi connectivity index (χ1v) is 7.60. The van der Waals surface area contributed by atoms with E-state index in [9.17, 15) is 0 Å². The molecular formula is C14H20BrN5. The zero-order chi connectivity index (χ0) is 14.5. The van der Waals surface area contributed by atoms with Gasteiger partial charge in [-0.15, -0.1) is 5.10 Å². The molecule has 1 N–H and O–H groups in total. The van der Waals surface area contributed by atoms with E-state index in [4.69, 9.17) is 0 Å². The van der Waals surface area contributed by atoms with Crippen LogP contribution in [0, 0.1) is 5.92 Å². The Labute approximate surface area is 127 Å². The highest BCUT2D eigenvalue weighted by molar-refractivity contribution is 9.10. The normalized spacial score (nSPS) is 12.8. The van der Waals surface area contributed by atoms with Crippen molar-refractivity contribution < 1.29 is 0 Å². The Morgan fingerprint density at radius 3 is 2.70 bits per heavy atom. The van der Waals surface area contributed by atoms with Crippen molar-refractivity contribution in [3.8, 4) is 0 Å². The molecule has 1 heterocycles. The minimum atomic E-state index is 0.134. The molecule has 0 radical (unpaired) electrons. The van der Waals surface area contributed by atoms with Crippen molar-refractivity contribution in [3.63, 3.8) is 0 Å². The molecule has 108 valence electrons. The maximum Gasteiger partial charge on any atom is 0.168 e. The van der Waals surface area contributed by atoms with Crippen LogP contribution in [0.5, 0.6) is 0 Å². The van der Waals surface area contributed by atoms with E-state index in [2.05, 4.69) is 63.6 Å². The summed E-state index contributed by atoms with van der Waals surface area (Å²) < 4.78 is 2.92. The molecule has 6 heteroatoms. The Morgan fingerprint density at radius 1 is 1.25 bits per heavy atom. The molecule has 0 bridgehead atoms. The number of nitrogens with zero attached hydrogens (tertiary/aromatic N) is 4. The van der Waals surface area contributed by atoms with Gasteiger partial charge in [0, 0.05) is 4.47 Å². The van der Waals surface area contributed by atoms with Crippen LogP contribution < -0.4 is 5.32 Å². The molecule has 20 heavy (non-hydrogen) atoms. The molecule has 0 saturated carbocycles. The Bertz CT molecular complexity index is 552. The van der Waals surface area contributed by atoms with Crippen molar-refractivity contribution in [2.24, 2.45) is 5.92 Å². The summed E-state index contributed by atoms with van der Waals surface area (Å²) in [5.41, 5.74) is 1.16. The van der Waals surface area contributed by atoms with Crippen molar-refractivity contribution in [1.82, 2.24) is 25.5 Å². The first kappa shape index (κ1) is 15.1. The lowest BCUT2D eigenvalue weighted by atomic mass is 10.2. The van der Waals surface area contributed by atoms with Crippen LogP contribution in [-0.4, -0.2) is 26.8 Å². The summed E-state index contributed by atoms with van der Waals surface area (Å²) in [5.74, 6) is 1.46. The number of benzene rings is 1. The summed E-state index contributed by atoms with van der Waals surface area (Å²) in [5, 5.41) is 15.5. The standard InChI is InChI=1S/C14H20BrN5/c1-10(2)8-16-11(3)14-17-18-19-20(14)9-12-6-4-5-7-13(12)15/h4-7,10-11,16H,8-9H2,1-3H3. The number of aromatic nitrogens is 4. The van der Waals surface area contributed by atoms with Gasteiger partial charge in [-0.3, -0.25) is 0 Å². The van der Waals surface area contributed by atoms with Gasteiger partial charge in [0.1, 0.15) is 0 Å². The van der Waals surface area contributed by atoms with Gasteiger partial charge < -0.3 is 5.32 Å². The predicted octanol–water partition coefficient (Wildman–Crippen LogP) is 2.79. The molecule has 1 unspecified atom stereocenters. The van der Waals surface area contributed by atoms with Gasteiger partial charge in [0.25, 0.3) is 0 Å². The molecule has 2 rings (SSSR count). The molecule has 0 fully saturated rings. The van der Waals surface area contributed by atoms with Crippen LogP contribution in [0.3, 0.4) is 0 Å². The van der Waals surface area contributed by atoms with Crippen molar-refractivity contribution in [3.05, 3.63) is 40.1 Å². The Morgan fingerprint density at radius 2 is 2.00 bits per heavy atom. The fourth-order valence-corrected chi connectivity index (χ4v) is 2.34. The topological polar surface area (TPSA) is 55.6 Å². The van der Waals surface area contributed by atoms with E-state index in [1.165, 1.54) is 0 Å². The van der Waals surface area contributed by atoms with Crippen LogP contribution in [0.15, 0.2) is 28.7 Å². The molecule has 0 aliphatic rings. The second-order valence-electron chi connectivity index (χ2n) is 5.31. The number of halogens is 1. The lowest BCUT2D eigenvalue weighted by molar-refractivity contribution is 0.461.